The number of aromatic amines is 1. The first-order valence-corrected chi connectivity index (χ1v) is 8.64. The van der Waals surface area contributed by atoms with Gasteiger partial charge in [0.1, 0.15) is 0 Å². The van der Waals surface area contributed by atoms with Gasteiger partial charge in [0, 0.05) is 16.6 Å². The largest absolute Gasteiger partial charge is 0.369 e. The molecular formula is C19H24N2O. The number of nitrogens with two attached hydrogens (primary N) is 1. The van der Waals surface area contributed by atoms with Crippen LogP contribution in [0.15, 0.2) is 24.3 Å². The van der Waals surface area contributed by atoms with Crippen molar-refractivity contribution in [1.29, 1.82) is 0 Å². The molecule has 1 aromatic heterocycles. The maximum absolute atomic E-state index is 11.9. The molecule has 2 aliphatic rings. The van der Waals surface area contributed by atoms with Crippen LogP contribution < -0.4 is 5.73 Å². The summed E-state index contributed by atoms with van der Waals surface area (Å²) in [4.78, 5) is 15.5. The lowest BCUT2D eigenvalue weighted by molar-refractivity contribution is -0.119. The quantitative estimate of drug-likeness (QED) is 0.876. The van der Waals surface area contributed by atoms with Gasteiger partial charge in [-0.25, -0.2) is 0 Å². The Labute approximate surface area is 131 Å². The number of benzene rings is 1. The Balaban J connectivity index is 1.76. The molecule has 0 bridgehead atoms. The van der Waals surface area contributed by atoms with Gasteiger partial charge < -0.3 is 10.7 Å². The molecule has 1 amide bonds. The first-order valence-electron chi connectivity index (χ1n) is 8.64. The van der Waals surface area contributed by atoms with Gasteiger partial charge in [0.15, 0.2) is 0 Å². The van der Waals surface area contributed by atoms with Crippen molar-refractivity contribution in [3.05, 3.63) is 35.5 Å². The summed E-state index contributed by atoms with van der Waals surface area (Å²) in [7, 11) is 0. The number of rotatable bonds is 3. The zero-order valence-electron chi connectivity index (χ0n) is 13.0. The van der Waals surface area contributed by atoms with Crippen molar-refractivity contribution in [2.45, 2.75) is 56.8 Å². The molecule has 1 saturated carbocycles. The van der Waals surface area contributed by atoms with E-state index in [1.165, 1.54) is 48.7 Å². The summed E-state index contributed by atoms with van der Waals surface area (Å²) in [6, 6.07) is 8.33. The molecule has 0 aliphatic heterocycles. The molecule has 1 aromatic carbocycles. The molecule has 1 fully saturated rings. The van der Waals surface area contributed by atoms with Gasteiger partial charge in [0.2, 0.25) is 5.91 Å². The number of carbonyl (C=O) groups is 1. The van der Waals surface area contributed by atoms with Crippen LogP contribution in [-0.2, 0) is 4.79 Å². The SMILES string of the molecule is NC(=O)C1CCC(CC2CCCC2)c2[nH]c3ccccc3c21. The Kier molecular flexibility index (Phi) is 3.44. The smallest absolute Gasteiger partial charge is 0.225 e. The first kappa shape index (κ1) is 13.9. The van der Waals surface area contributed by atoms with Crippen LogP contribution in [0.5, 0.6) is 0 Å². The van der Waals surface area contributed by atoms with Crippen LogP contribution in [0.1, 0.15) is 68.0 Å². The summed E-state index contributed by atoms with van der Waals surface area (Å²) < 4.78 is 0. The van der Waals surface area contributed by atoms with E-state index >= 15 is 0 Å². The second-order valence-corrected chi connectivity index (χ2v) is 7.11. The highest BCUT2D eigenvalue weighted by Crippen LogP contribution is 2.46. The maximum Gasteiger partial charge on any atom is 0.225 e. The highest BCUT2D eigenvalue weighted by molar-refractivity contribution is 5.93. The molecule has 2 unspecified atom stereocenters. The fourth-order valence-electron chi connectivity index (χ4n) is 4.71. The average molecular weight is 296 g/mol. The standard InChI is InChI=1S/C19H24N2O/c20-19(22)15-10-9-13(11-12-5-1-2-6-12)18-17(15)14-7-3-4-8-16(14)21-18/h3-4,7-8,12-13,15,21H,1-2,5-6,9-11H2,(H2,20,22). The minimum atomic E-state index is -0.176. The summed E-state index contributed by atoms with van der Waals surface area (Å²) >= 11 is 0. The van der Waals surface area contributed by atoms with E-state index < -0.39 is 0 Å². The zero-order valence-corrected chi connectivity index (χ0v) is 13.0. The van der Waals surface area contributed by atoms with Crippen LogP contribution in [0.3, 0.4) is 0 Å². The van der Waals surface area contributed by atoms with E-state index in [-0.39, 0.29) is 11.8 Å². The van der Waals surface area contributed by atoms with Crippen LogP contribution in [-0.4, -0.2) is 10.9 Å². The number of carbonyl (C=O) groups excluding carboxylic acids is 1. The summed E-state index contributed by atoms with van der Waals surface area (Å²) in [6.07, 6.45) is 8.80. The number of primary amides is 1. The highest BCUT2D eigenvalue weighted by Gasteiger charge is 2.35. The van der Waals surface area contributed by atoms with Gasteiger partial charge >= 0.3 is 0 Å². The lowest BCUT2D eigenvalue weighted by atomic mass is 9.75. The number of amides is 1. The van der Waals surface area contributed by atoms with Crippen molar-refractivity contribution in [3.63, 3.8) is 0 Å². The Morgan fingerprint density at radius 1 is 1.14 bits per heavy atom. The van der Waals surface area contributed by atoms with E-state index in [1.807, 2.05) is 0 Å². The number of H-pyrrole nitrogens is 1. The molecule has 2 aliphatic carbocycles. The Hall–Kier alpha value is -1.77. The van der Waals surface area contributed by atoms with E-state index in [2.05, 4.69) is 29.2 Å². The van der Waals surface area contributed by atoms with Gasteiger partial charge in [-0.2, -0.15) is 0 Å². The molecule has 116 valence electrons. The number of hydrogen-bond acceptors (Lipinski definition) is 1. The Bertz CT molecular complexity index is 697. The molecule has 2 aromatic rings. The third kappa shape index (κ3) is 2.23. The summed E-state index contributed by atoms with van der Waals surface area (Å²) in [5.74, 6) is 1.15. The van der Waals surface area contributed by atoms with E-state index in [9.17, 15) is 4.79 Å². The van der Waals surface area contributed by atoms with E-state index in [4.69, 9.17) is 5.73 Å². The van der Waals surface area contributed by atoms with Gasteiger partial charge in [-0.1, -0.05) is 43.9 Å². The topological polar surface area (TPSA) is 58.9 Å². The minimum Gasteiger partial charge on any atom is -0.369 e. The summed E-state index contributed by atoms with van der Waals surface area (Å²) in [5.41, 5.74) is 9.33. The normalized spacial score (nSPS) is 25.5. The molecular weight excluding hydrogens is 272 g/mol. The van der Waals surface area contributed by atoms with Crippen LogP contribution in [0.25, 0.3) is 10.9 Å². The number of hydrogen-bond donors (Lipinski definition) is 2. The van der Waals surface area contributed by atoms with Crippen LogP contribution in [0.4, 0.5) is 0 Å². The second kappa shape index (κ2) is 5.45. The minimum absolute atomic E-state index is 0.119. The van der Waals surface area contributed by atoms with Gasteiger partial charge in [-0.3, -0.25) is 4.79 Å². The predicted octanol–water partition coefficient (Wildman–Crippen LogP) is 4.19. The lowest BCUT2D eigenvalue weighted by Crippen LogP contribution is -2.26. The van der Waals surface area contributed by atoms with Crippen LogP contribution in [0, 0.1) is 5.92 Å². The predicted molar refractivity (Wildman–Crippen MR) is 88.8 cm³/mol. The molecule has 0 saturated heterocycles. The third-order valence-electron chi connectivity index (χ3n) is 5.77. The summed E-state index contributed by atoms with van der Waals surface area (Å²) in [5, 5.41) is 1.19. The number of para-hydroxylation sites is 1. The van der Waals surface area contributed by atoms with Crippen LogP contribution in [0.2, 0.25) is 0 Å². The molecule has 3 nitrogen and oxygen atoms in total. The molecule has 4 rings (SSSR count). The number of nitrogens with one attached hydrogen (secondary N) is 1. The van der Waals surface area contributed by atoms with Crippen molar-refractivity contribution in [1.82, 2.24) is 4.98 Å². The van der Waals surface area contributed by atoms with Crippen molar-refractivity contribution in [3.8, 4) is 0 Å². The summed E-state index contributed by atoms with van der Waals surface area (Å²) in [6.45, 7) is 0. The fraction of sp³-hybridized carbons (Fsp3) is 0.526. The number of fused-ring (bicyclic) bond motifs is 3. The van der Waals surface area contributed by atoms with Crippen molar-refractivity contribution in [2.24, 2.45) is 11.7 Å². The van der Waals surface area contributed by atoms with Crippen molar-refractivity contribution >= 4 is 16.8 Å². The third-order valence-corrected chi connectivity index (χ3v) is 5.77. The average Bonchev–Trinajstić information content (AvgIpc) is 3.14. The lowest BCUT2D eigenvalue weighted by Gasteiger charge is -2.29. The van der Waals surface area contributed by atoms with Gasteiger partial charge in [0.25, 0.3) is 0 Å². The maximum atomic E-state index is 11.9. The molecule has 3 heteroatoms. The van der Waals surface area contributed by atoms with E-state index in [1.54, 1.807) is 0 Å². The van der Waals surface area contributed by atoms with Crippen molar-refractivity contribution < 1.29 is 4.79 Å². The monoisotopic (exact) mass is 296 g/mol. The molecule has 2 atom stereocenters. The van der Waals surface area contributed by atoms with Crippen LogP contribution >= 0.6 is 0 Å². The Morgan fingerprint density at radius 2 is 1.91 bits per heavy atom. The molecule has 0 spiro atoms. The van der Waals surface area contributed by atoms with E-state index in [0.717, 1.165) is 24.3 Å². The zero-order chi connectivity index (χ0) is 15.1. The Morgan fingerprint density at radius 3 is 2.68 bits per heavy atom. The molecule has 22 heavy (non-hydrogen) atoms. The first-order chi connectivity index (χ1) is 10.7. The number of aromatic nitrogens is 1. The molecule has 1 heterocycles. The van der Waals surface area contributed by atoms with Gasteiger partial charge in [0.05, 0.1) is 5.92 Å². The fourth-order valence-corrected chi connectivity index (χ4v) is 4.71. The van der Waals surface area contributed by atoms with Gasteiger partial charge in [-0.05, 0) is 42.7 Å². The second-order valence-electron chi connectivity index (χ2n) is 7.11. The highest BCUT2D eigenvalue weighted by atomic mass is 16.1. The van der Waals surface area contributed by atoms with Gasteiger partial charge in [-0.15, -0.1) is 0 Å². The molecule has 3 N–H and O–H groups in total. The van der Waals surface area contributed by atoms with Crippen molar-refractivity contribution in [2.75, 3.05) is 0 Å². The van der Waals surface area contributed by atoms with E-state index in [0.29, 0.717) is 5.92 Å². The molecule has 0 radical (unpaired) electrons.